The van der Waals surface area contributed by atoms with Gasteiger partial charge in [-0.15, -0.1) is 0 Å². The third-order valence-electron chi connectivity index (χ3n) is 12.0. The summed E-state index contributed by atoms with van der Waals surface area (Å²) in [7, 11) is 4.07. The van der Waals surface area contributed by atoms with Crippen molar-refractivity contribution in [3.63, 3.8) is 0 Å². The van der Waals surface area contributed by atoms with E-state index in [0.717, 1.165) is 118 Å². The van der Waals surface area contributed by atoms with Gasteiger partial charge in [0.1, 0.15) is 14.1 Å². The van der Waals surface area contributed by atoms with E-state index in [9.17, 15) is 9.59 Å². The van der Waals surface area contributed by atoms with E-state index in [1.807, 2.05) is 117 Å². The maximum absolute atomic E-state index is 13.0. The molecule has 2 amide bonds. The number of unbranched alkanes of at least 4 members (excludes halogenated alkanes) is 1. The van der Waals surface area contributed by atoms with Gasteiger partial charge in [-0.05, 0) is 155 Å². The van der Waals surface area contributed by atoms with E-state index in [0.29, 0.717) is 47.0 Å². The first-order chi connectivity index (χ1) is 31.1. The van der Waals surface area contributed by atoms with Gasteiger partial charge >= 0.3 is 0 Å². The maximum Gasteiger partial charge on any atom is 0.251 e. The minimum atomic E-state index is -0.0876. The number of aryl methyl sites for hydroxylation is 2. The minimum Gasteiger partial charge on any atom is -0.399 e. The number of amides is 2. The van der Waals surface area contributed by atoms with Crippen molar-refractivity contribution in [1.29, 1.82) is 0 Å². The van der Waals surface area contributed by atoms with Gasteiger partial charge in [-0.25, -0.2) is 0 Å². The number of nitrogens with zero attached hydrogens (tertiary/aromatic N) is 2. The summed E-state index contributed by atoms with van der Waals surface area (Å²) in [6, 6.07) is 39.3. The first kappa shape index (κ1) is 43.4. The highest BCUT2D eigenvalue weighted by Gasteiger charge is 2.23. The molecule has 64 heavy (non-hydrogen) atoms. The molecule has 0 saturated carbocycles. The quantitative estimate of drug-likeness (QED) is 0.0220. The molecule has 0 saturated heterocycles. The van der Waals surface area contributed by atoms with Crippen LogP contribution in [0, 0.1) is 0 Å². The zero-order chi connectivity index (χ0) is 44.7. The lowest BCUT2D eigenvalue weighted by Gasteiger charge is -2.11. The van der Waals surface area contributed by atoms with E-state index in [4.69, 9.17) is 22.9 Å². The molecule has 2 heterocycles. The summed E-state index contributed by atoms with van der Waals surface area (Å²) in [6.07, 6.45) is 3.79. The van der Waals surface area contributed by atoms with Crippen molar-refractivity contribution >= 4 is 77.9 Å². The average Bonchev–Trinajstić information content (AvgIpc) is 3.29. The van der Waals surface area contributed by atoms with Crippen molar-refractivity contribution in [2.24, 2.45) is 14.1 Å². The molecular formula is C52H58N10O2+2. The number of carbonyl (C=O) groups excluding carboxylic acids is 2. The monoisotopic (exact) mass is 854 g/mol. The fourth-order valence-corrected chi connectivity index (χ4v) is 8.74. The van der Waals surface area contributed by atoms with E-state index in [1.54, 1.807) is 0 Å². The number of nitrogens with two attached hydrogens (primary N) is 4. The number of carbonyl (C=O) groups is 2. The van der Waals surface area contributed by atoms with Crippen LogP contribution in [-0.4, -0.2) is 51.1 Å². The molecule has 0 bridgehead atoms. The lowest BCUT2D eigenvalue weighted by Crippen LogP contribution is -2.32. The minimum absolute atomic E-state index is 0.0846. The normalized spacial score (nSPS) is 11.5. The van der Waals surface area contributed by atoms with Crippen molar-refractivity contribution in [3.05, 3.63) is 132 Å². The molecule has 12 N–H and O–H groups in total. The predicted octanol–water partition coefficient (Wildman–Crippen LogP) is 6.51. The molecule has 8 rings (SSSR count). The fraction of sp³-hybridized carbons (Fsp3) is 0.231. The molecule has 0 aliphatic rings. The van der Waals surface area contributed by atoms with Crippen LogP contribution in [0.15, 0.2) is 121 Å². The Bertz CT molecular complexity index is 3000. The van der Waals surface area contributed by atoms with Crippen LogP contribution in [-0.2, 0) is 14.1 Å². The van der Waals surface area contributed by atoms with Gasteiger partial charge in [0.15, 0.2) is 0 Å². The second-order valence-electron chi connectivity index (χ2n) is 16.6. The third kappa shape index (κ3) is 9.38. The second kappa shape index (κ2) is 19.4. The van der Waals surface area contributed by atoms with Crippen LogP contribution in [0.5, 0.6) is 0 Å². The lowest BCUT2D eigenvalue weighted by atomic mass is 9.98. The van der Waals surface area contributed by atoms with E-state index in [2.05, 4.69) is 48.6 Å². The number of nitrogens with one attached hydrogen (secondary N) is 4. The van der Waals surface area contributed by atoms with Crippen molar-refractivity contribution in [1.82, 2.24) is 21.3 Å². The summed E-state index contributed by atoms with van der Waals surface area (Å²) in [5.74, 6) is -0.172. The number of rotatable bonds is 17. The van der Waals surface area contributed by atoms with E-state index in [-0.39, 0.29) is 11.8 Å². The standard InChI is InChI=1S/C52H56N10O2/c1-61-48-32-40(56)17-21-43(48)45-29-37(53)18-22-44(45)49(61)33-7-11-35(12-8-33)51(63)59-27-5-25-57-23-3-4-24-58-26-6-28-60-52(64)36-13-9-34(10-14-36)50-46-30-38(54)15-19-41(46)42-20-16-39(55)31-47(42)62(50)2/h7-22,29-32,55,57-58H,3-6,23-28H2,1-2H3,(H7,53,54,56,59,60,63,64)/p+2. The molecule has 0 fully saturated rings. The number of pyridine rings is 2. The second-order valence-corrected chi connectivity index (χ2v) is 16.6. The first-order valence-corrected chi connectivity index (χ1v) is 22.1. The summed E-state index contributed by atoms with van der Waals surface area (Å²) < 4.78 is 4.29. The third-order valence-corrected chi connectivity index (χ3v) is 12.0. The summed E-state index contributed by atoms with van der Waals surface area (Å²) in [5, 5.41) is 19.5. The molecule has 6 aromatic carbocycles. The number of benzene rings is 6. The van der Waals surface area contributed by atoms with Crippen LogP contribution in [0.25, 0.3) is 65.9 Å². The molecule has 8 aromatic rings. The molecular weight excluding hydrogens is 797 g/mol. The van der Waals surface area contributed by atoms with E-state index >= 15 is 0 Å². The average molecular weight is 855 g/mol. The Labute approximate surface area is 373 Å². The summed E-state index contributed by atoms with van der Waals surface area (Å²) in [5.41, 5.74) is 34.9. The Kier molecular flexibility index (Phi) is 13.2. The van der Waals surface area contributed by atoms with Gasteiger partial charge in [0.2, 0.25) is 22.4 Å². The van der Waals surface area contributed by atoms with Crippen LogP contribution in [0.1, 0.15) is 46.4 Å². The van der Waals surface area contributed by atoms with Crippen molar-refractivity contribution < 1.29 is 18.7 Å². The van der Waals surface area contributed by atoms with Crippen LogP contribution in [0.4, 0.5) is 22.7 Å². The number of anilines is 4. The van der Waals surface area contributed by atoms with Crippen molar-refractivity contribution in [2.75, 3.05) is 62.2 Å². The van der Waals surface area contributed by atoms with Crippen LogP contribution < -0.4 is 53.3 Å². The van der Waals surface area contributed by atoms with E-state index < -0.39 is 0 Å². The Balaban J connectivity index is 0.704. The molecule has 0 unspecified atom stereocenters. The van der Waals surface area contributed by atoms with Gasteiger partial charge in [-0.2, -0.15) is 9.13 Å². The highest BCUT2D eigenvalue weighted by molar-refractivity contribution is 6.11. The first-order valence-electron chi connectivity index (χ1n) is 22.1. The molecule has 0 atom stereocenters. The molecule has 0 aliphatic carbocycles. The van der Waals surface area contributed by atoms with Gasteiger partial charge < -0.3 is 44.2 Å². The fourth-order valence-electron chi connectivity index (χ4n) is 8.74. The van der Waals surface area contributed by atoms with Gasteiger partial charge in [0, 0.05) is 81.0 Å². The maximum atomic E-state index is 13.0. The highest BCUT2D eigenvalue weighted by atomic mass is 16.2. The molecule has 0 radical (unpaired) electrons. The van der Waals surface area contributed by atoms with Crippen molar-refractivity contribution in [3.8, 4) is 22.5 Å². The number of aromatic nitrogens is 2. The number of fused-ring (bicyclic) bond motifs is 6. The van der Waals surface area contributed by atoms with E-state index in [1.165, 1.54) is 0 Å². The Hall–Kier alpha value is -7.28. The van der Waals surface area contributed by atoms with Gasteiger partial charge in [0.25, 0.3) is 11.8 Å². The van der Waals surface area contributed by atoms with Crippen LogP contribution in [0.2, 0.25) is 0 Å². The number of hydrogen-bond donors (Lipinski definition) is 8. The summed E-state index contributed by atoms with van der Waals surface area (Å²) in [4.78, 5) is 25.9. The number of hydrogen-bond acceptors (Lipinski definition) is 8. The van der Waals surface area contributed by atoms with Crippen molar-refractivity contribution in [2.45, 2.75) is 25.7 Å². The zero-order valence-corrected chi connectivity index (χ0v) is 36.6. The molecule has 326 valence electrons. The summed E-state index contributed by atoms with van der Waals surface area (Å²) in [6.45, 7) is 4.69. The molecule has 2 aromatic heterocycles. The SMILES string of the molecule is C[n+]1c(-c2ccc(C(=O)NCCCNCCCCNCCCNC(=O)c3ccc(-c4c5ccc(N)cc5c5ccc(N)cc5[n+]4C)cc3)cc2)c2cc(N)ccc2c2ccc(N)cc21. The predicted molar refractivity (Wildman–Crippen MR) is 263 cm³/mol. The Morgan fingerprint density at radius 3 is 1.27 bits per heavy atom. The van der Waals surface area contributed by atoms with Crippen LogP contribution in [0.3, 0.4) is 0 Å². The highest BCUT2D eigenvalue weighted by Crippen LogP contribution is 2.35. The molecule has 12 heteroatoms. The largest absolute Gasteiger partial charge is 0.399 e. The zero-order valence-electron chi connectivity index (χ0n) is 36.6. The number of nitrogen functional groups attached to an aromatic ring is 4. The molecule has 0 spiro atoms. The Morgan fingerprint density at radius 1 is 0.406 bits per heavy atom. The van der Waals surface area contributed by atoms with Gasteiger partial charge in [0.05, 0.1) is 21.5 Å². The molecule has 12 nitrogen and oxygen atoms in total. The van der Waals surface area contributed by atoms with Crippen LogP contribution >= 0.6 is 0 Å². The smallest absolute Gasteiger partial charge is 0.251 e. The van der Waals surface area contributed by atoms with Gasteiger partial charge in [-0.1, -0.05) is 6.07 Å². The Morgan fingerprint density at radius 2 is 0.781 bits per heavy atom. The lowest BCUT2D eigenvalue weighted by molar-refractivity contribution is -0.632. The summed E-state index contributed by atoms with van der Waals surface area (Å²) >= 11 is 0. The topological polar surface area (TPSA) is 194 Å². The molecule has 0 aliphatic heterocycles. The van der Waals surface area contributed by atoms with Gasteiger partial charge in [-0.3, -0.25) is 9.59 Å².